The maximum absolute atomic E-state index is 12.4. The number of hydrogen-bond donors (Lipinski definition) is 0. The Bertz CT molecular complexity index is 573. The summed E-state index contributed by atoms with van der Waals surface area (Å²) >= 11 is 0. The van der Waals surface area contributed by atoms with Gasteiger partial charge in [-0.15, -0.1) is 0 Å². The molecule has 5 heteroatoms. The van der Waals surface area contributed by atoms with Crippen LogP contribution in [-0.4, -0.2) is 32.8 Å². The van der Waals surface area contributed by atoms with E-state index < -0.39 is 0 Å². The number of carbonyl (C=O) groups excluding carboxylic acids is 1. The van der Waals surface area contributed by atoms with E-state index in [0.29, 0.717) is 12.2 Å². The molecule has 148 valence electrons. The summed E-state index contributed by atoms with van der Waals surface area (Å²) in [5, 5.41) is 0. The fourth-order valence-electron chi connectivity index (χ4n) is 2.49. The molecule has 0 radical (unpaired) electrons. The molecule has 5 nitrogen and oxygen atoms in total. The zero-order valence-electron chi connectivity index (χ0n) is 17.7. The molecular formula is C21H34O5. The zero-order valence-corrected chi connectivity index (χ0v) is 17.7. The van der Waals surface area contributed by atoms with Gasteiger partial charge in [0, 0.05) is 18.2 Å². The van der Waals surface area contributed by atoms with Gasteiger partial charge in [0.05, 0.1) is 12.2 Å². The van der Waals surface area contributed by atoms with Crippen LogP contribution in [0.2, 0.25) is 0 Å². The average Bonchev–Trinajstić information content (AvgIpc) is 2.52. The van der Waals surface area contributed by atoms with Crippen molar-refractivity contribution in [2.75, 3.05) is 20.5 Å². The van der Waals surface area contributed by atoms with Gasteiger partial charge in [-0.1, -0.05) is 41.5 Å². The third-order valence-corrected chi connectivity index (χ3v) is 4.05. The number of benzene rings is 1. The molecule has 0 aliphatic rings. The van der Waals surface area contributed by atoms with Crippen LogP contribution < -0.4 is 4.74 Å². The summed E-state index contributed by atoms with van der Waals surface area (Å²) in [4.78, 5) is 12.4. The van der Waals surface area contributed by atoms with E-state index in [1.54, 1.807) is 14.0 Å². The standard InChI is InChI=1S/C21H34O5/c1-10-24-19(22)15-11-16(20(3,4)5)18(17(12-15)21(6,7)8)26-13-25-14(2)23-9/h11-12,14H,10,13H2,1-9H3. The first-order valence-electron chi connectivity index (χ1n) is 9.05. The van der Waals surface area contributed by atoms with Gasteiger partial charge < -0.3 is 18.9 Å². The number of hydrogen-bond acceptors (Lipinski definition) is 5. The predicted molar refractivity (Wildman–Crippen MR) is 103 cm³/mol. The molecule has 1 aromatic rings. The van der Waals surface area contributed by atoms with Crippen LogP contribution in [0.1, 0.15) is 76.9 Å². The summed E-state index contributed by atoms with van der Waals surface area (Å²) in [6.45, 7) is 16.6. The molecule has 1 atom stereocenters. The Balaban J connectivity index is 3.45. The Kier molecular flexibility index (Phi) is 7.66. The highest BCUT2D eigenvalue weighted by atomic mass is 16.7. The maximum Gasteiger partial charge on any atom is 0.338 e. The van der Waals surface area contributed by atoms with E-state index in [4.69, 9.17) is 18.9 Å². The molecule has 0 saturated heterocycles. The van der Waals surface area contributed by atoms with Crippen molar-refractivity contribution < 1.29 is 23.7 Å². The summed E-state index contributed by atoms with van der Waals surface area (Å²) < 4.78 is 21.9. The van der Waals surface area contributed by atoms with E-state index in [1.807, 2.05) is 19.1 Å². The van der Waals surface area contributed by atoms with Crippen LogP contribution in [0.4, 0.5) is 0 Å². The van der Waals surface area contributed by atoms with E-state index in [1.165, 1.54) is 0 Å². The quantitative estimate of drug-likeness (QED) is 0.512. The summed E-state index contributed by atoms with van der Waals surface area (Å²) in [6, 6.07) is 3.73. The second kappa shape index (κ2) is 8.87. The second-order valence-electron chi connectivity index (χ2n) is 8.35. The van der Waals surface area contributed by atoms with Crippen molar-refractivity contribution in [2.45, 2.75) is 72.5 Å². The maximum atomic E-state index is 12.4. The molecule has 0 N–H and O–H groups in total. The fraction of sp³-hybridized carbons (Fsp3) is 0.667. The van der Waals surface area contributed by atoms with E-state index in [-0.39, 0.29) is 29.9 Å². The molecular weight excluding hydrogens is 332 g/mol. The van der Waals surface area contributed by atoms with Crippen molar-refractivity contribution in [3.8, 4) is 5.75 Å². The first kappa shape index (κ1) is 22.5. The van der Waals surface area contributed by atoms with Crippen molar-refractivity contribution >= 4 is 5.97 Å². The van der Waals surface area contributed by atoms with Gasteiger partial charge in [0.2, 0.25) is 0 Å². The Labute approximate surface area is 158 Å². The first-order valence-corrected chi connectivity index (χ1v) is 9.05. The van der Waals surface area contributed by atoms with Gasteiger partial charge in [-0.05, 0) is 36.8 Å². The Morgan fingerprint density at radius 2 is 1.54 bits per heavy atom. The number of ether oxygens (including phenoxy) is 4. The summed E-state index contributed by atoms with van der Waals surface area (Å²) in [6.07, 6.45) is -0.357. The monoisotopic (exact) mass is 366 g/mol. The largest absolute Gasteiger partial charge is 0.467 e. The summed E-state index contributed by atoms with van der Waals surface area (Å²) in [5.74, 6) is 0.431. The second-order valence-corrected chi connectivity index (χ2v) is 8.35. The van der Waals surface area contributed by atoms with Gasteiger partial charge in [-0.3, -0.25) is 0 Å². The molecule has 0 aliphatic heterocycles. The third-order valence-electron chi connectivity index (χ3n) is 4.05. The van der Waals surface area contributed by atoms with Crippen LogP contribution in [-0.2, 0) is 25.0 Å². The minimum absolute atomic E-state index is 0.0694. The lowest BCUT2D eigenvalue weighted by Crippen LogP contribution is -2.23. The molecule has 0 bridgehead atoms. The third kappa shape index (κ3) is 5.99. The Morgan fingerprint density at radius 1 is 1.04 bits per heavy atom. The molecule has 0 heterocycles. The number of esters is 1. The number of carbonyl (C=O) groups is 1. The van der Waals surface area contributed by atoms with E-state index >= 15 is 0 Å². The normalized spacial score (nSPS) is 13.4. The van der Waals surface area contributed by atoms with Crippen LogP contribution >= 0.6 is 0 Å². The minimum Gasteiger partial charge on any atom is -0.467 e. The lowest BCUT2D eigenvalue weighted by molar-refractivity contribution is -0.150. The van der Waals surface area contributed by atoms with Crippen molar-refractivity contribution in [3.05, 3.63) is 28.8 Å². The van der Waals surface area contributed by atoms with Crippen LogP contribution in [0, 0.1) is 0 Å². The van der Waals surface area contributed by atoms with Gasteiger partial charge in [0.25, 0.3) is 0 Å². The van der Waals surface area contributed by atoms with Gasteiger partial charge in [-0.2, -0.15) is 0 Å². The smallest absolute Gasteiger partial charge is 0.338 e. The highest BCUT2D eigenvalue weighted by molar-refractivity contribution is 5.90. The Morgan fingerprint density at radius 3 is 1.92 bits per heavy atom. The molecule has 26 heavy (non-hydrogen) atoms. The van der Waals surface area contributed by atoms with Crippen LogP contribution in [0.3, 0.4) is 0 Å². The molecule has 0 aliphatic carbocycles. The molecule has 0 aromatic heterocycles. The van der Waals surface area contributed by atoms with Gasteiger partial charge in [-0.25, -0.2) is 4.79 Å². The fourth-order valence-corrected chi connectivity index (χ4v) is 2.49. The number of rotatable bonds is 7. The van der Waals surface area contributed by atoms with Gasteiger partial charge in [0.1, 0.15) is 5.75 Å². The van der Waals surface area contributed by atoms with E-state index in [2.05, 4.69) is 41.5 Å². The van der Waals surface area contributed by atoms with Gasteiger partial charge >= 0.3 is 5.97 Å². The van der Waals surface area contributed by atoms with E-state index in [9.17, 15) is 4.79 Å². The highest BCUT2D eigenvalue weighted by Crippen LogP contribution is 2.41. The van der Waals surface area contributed by atoms with Crippen molar-refractivity contribution in [3.63, 3.8) is 0 Å². The van der Waals surface area contributed by atoms with Crippen LogP contribution in [0.25, 0.3) is 0 Å². The molecule has 0 spiro atoms. The topological polar surface area (TPSA) is 54.0 Å². The lowest BCUT2D eigenvalue weighted by atomic mass is 9.78. The van der Waals surface area contributed by atoms with Gasteiger partial charge in [0.15, 0.2) is 13.1 Å². The zero-order chi connectivity index (χ0) is 20.1. The predicted octanol–water partition coefficient (Wildman–Crippen LogP) is 4.80. The molecule has 0 fully saturated rings. The molecule has 0 amide bonds. The summed E-state index contributed by atoms with van der Waals surface area (Å²) in [7, 11) is 1.58. The first-order chi connectivity index (χ1) is 11.9. The molecule has 1 rings (SSSR count). The lowest BCUT2D eigenvalue weighted by Gasteiger charge is -2.30. The molecule has 1 unspecified atom stereocenters. The van der Waals surface area contributed by atoms with E-state index in [0.717, 1.165) is 16.9 Å². The highest BCUT2D eigenvalue weighted by Gasteiger charge is 2.29. The van der Waals surface area contributed by atoms with Crippen molar-refractivity contribution in [1.29, 1.82) is 0 Å². The molecule has 0 saturated carbocycles. The number of methoxy groups -OCH3 is 1. The minimum atomic E-state index is -0.357. The Hall–Kier alpha value is -1.59. The average molecular weight is 366 g/mol. The van der Waals surface area contributed by atoms with Crippen molar-refractivity contribution in [1.82, 2.24) is 0 Å². The summed E-state index contributed by atoms with van der Waals surface area (Å²) in [5.41, 5.74) is 2.00. The van der Waals surface area contributed by atoms with Crippen LogP contribution in [0.15, 0.2) is 12.1 Å². The molecule has 1 aromatic carbocycles. The van der Waals surface area contributed by atoms with Crippen LogP contribution in [0.5, 0.6) is 5.75 Å². The SMILES string of the molecule is CCOC(=O)c1cc(C(C)(C)C)c(OCOC(C)OC)c(C(C)(C)C)c1. The van der Waals surface area contributed by atoms with Crippen molar-refractivity contribution in [2.24, 2.45) is 0 Å².